The van der Waals surface area contributed by atoms with Gasteiger partial charge in [-0.1, -0.05) is 31.2 Å². The molecular weight excluding hydrogens is 697 g/mol. The van der Waals surface area contributed by atoms with E-state index >= 15 is 0 Å². The second-order valence-electron chi connectivity index (χ2n) is 14.2. The fraction of sp³-hybridized carbons (Fsp3) is 0.415. The molecule has 0 aliphatic carbocycles. The van der Waals surface area contributed by atoms with E-state index in [2.05, 4.69) is 44.5 Å². The van der Waals surface area contributed by atoms with Crippen LogP contribution in [0.4, 0.5) is 18.9 Å². The third-order valence-corrected chi connectivity index (χ3v) is 10.6. The third kappa shape index (κ3) is 8.52. The van der Waals surface area contributed by atoms with Gasteiger partial charge in [0, 0.05) is 37.0 Å². The number of rotatable bonds is 13. The standard InChI is InChI=1S/C41H45F3N6O4/c1-3-29(2)50-39(51)49(28-47-50)36-14-12-35(13-15-36)48-22-19-31(20-23-48)5-4-30-6-16-37(17-7-30)52-26-38-27-53-40(54-38,24-32-18-21-45-46-25-32)33-8-10-34(11-9-33)41(42,43)44/h6-18,21,25,28-29,31,38H,3-5,19-20,22-24,26-27H2,1-2H3/t29?,38-,40-/m1/s1. The number of benzene rings is 3. The van der Waals surface area contributed by atoms with Crippen LogP contribution in [0.3, 0.4) is 0 Å². The van der Waals surface area contributed by atoms with E-state index in [9.17, 15) is 18.0 Å². The van der Waals surface area contributed by atoms with Gasteiger partial charge in [-0.3, -0.25) is 0 Å². The third-order valence-electron chi connectivity index (χ3n) is 10.6. The molecule has 7 rings (SSSR count). The molecule has 2 aliphatic heterocycles. The second-order valence-corrected chi connectivity index (χ2v) is 14.2. The Labute approximate surface area is 312 Å². The maximum absolute atomic E-state index is 13.3. The lowest BCUT2D eigenvalue weighted by Crippen LogP contribution is -2.33. The van der Waals surface area contributed by atoms with Crippen molar-refractivity contribution in [3.8, 4) is 11.4 Å². The number of ether oxygens (including phenoxy) is 3. The van der Waals surface area contributed by atoms with Crippen molar-refractivity contribution in [2.24, 2.45) is 5.92 Å². The first kappa shape index (κ1) is 37.3. The van der Waals surface area contributed by atoms with Crippen LogP contribution >= 0.6 is 0 Å². The first-order valence-corrected chi connectivity index (χ1v) is 18.6. The number of aryl methyl sites for hydroxylation is 1. The minimum Gasteiger partial charge on any atom is -0.491 e. The van der Waals surface area contributed by atoms with Crippen LogP contribution in [-0.2, 0) is 34.3 Å². The van der Waals surface area contributed by atoms with Gasteiger partial charge >= 0.3 is 11.9 Å². The predicted molar refractivity (Wildman–Crippen MR) is 198 cm³/mol. The van der Waals surface area contributed by atoms with Gasteiger partial charge in [0.15, 0.2) is 5.79 Å². The first-order valence-electron chi connectivity index (χ1n) is 18.6. The second kappa shape index (κ2) is 16.2. The van der Waals surface area contributed by atoms with Gasteiger partial charge in [-0.15, -0.1) is 0 Å². The van der Waals surface area contributed by atoms with Crippen LogP contribution in [0.2, 0.25) is 0 Å². The Hall–Kier alpha value is -5.01. The fourth-order valence-electron chi connectivity index (χ4n) is 7.18. The van der Waals surface area contributed by atoms with Gasteiger partial charge in [-0.05, 0) is 111 Å². The Balaban J connectivity index is 0.876. The number of anilines is 1. The van der Waals surface area contributed by atoms with Gasteiger partial charge in [-0.2, -0.15) is 28.5 Å². The van der Waals surface area contributed by atoms with Crippen LogP contribution in [0.25, 0.3) is 5.69 Å². The van der Waals surface area contributed by atoms with Crippen molar-refractivity contribution in [3.63, 3.8) is 0 Å². The zero-order chi connectivity index (χ0) is 37.7. The monoisotopic (exact) mass is 742 g/mol. The maximum Gasteiger partial charge on any atom is 0.416 e. The van der Waals surface area contributed by atoms with Gasteiger partial charge in [0.25, 0.3) is 0 Å². The van der Waals surface area contributed by atoms with E-state index in [-0.39, 0.29) is 31.4 Å². The Morgan fingerprint density at radius 2 is 1.65 bits per heavy atom. The molecule has 2 fully saturated rings. The summed E-state index contributed by atoms with van der Waals surface area (Å²) in [4.78, 5) is 15.2. The molecule has 2 saturated heterocycles. The first-order chi connectivity index (χ1) is 26.1. The molecule has 0 saturated carbocycles. The summed E-state index contributed by atoms with van der Waals surface area (Å²) >= 11 is 0. The molecule has 0 radical (unpaired) electrons. The summed E-state index contributed by atoms with van der Waals surface area (Å²) in [6.45, 7) is 6.47. The molecule has 13 heteroatoms. The zero-order valence-electron chi connectivity index (χ0n) is 30.5. The molecule has 4 heterocycles. The van der Waals surface area contributed by atoms with Gasteiger partial charge in [0.2, 0.25) is 0 Å². The molecule has 2 aliphatic rings. The quantitative estimate of drug-likeness (QED) is 0.122. The number of aromatic nitrogens is 5. The molecule has 0 spiro atoms. The normalized spacial score (nSPS) is 19.9. The van der Waals surface area contributed by atoms with Crippen LogP contribution < -0.4 is 15.3 Å². The number of piperidine rings is 1. The van der Waals surface area contributed by atoms with E-state index in [4.69, 9.17) is 14.2 Å². The zero-order valence-corrected chi connectivity index (χ0v) is 30.5. The topological polar surface area (TPSA) is 96.5 Å². The van der Waals surface area contributed by atoms with Crippen LogP contribution in [0.5, 0.6) is 5.75 Å². The summed E-state index contributed by atoms with van der Waals surface area (Å²) in [5.74, 6) is 0.0712. The molecule has 0 amide bonds. The molecule has 0 bridgehead atoms. The molecule has 284 valence electrons. The predicted octanol–water partition coefficient (Wildman–Crippen LogP) is 7.55. The van der Waals surface area contributed by atoms with Crippen molar-refractivity contribution >= 4 is 5.69 Å². The summed E-state index contributed by atoms with van der Waals surface area (Å²) in [6.07, 6.45) is 5.30. The van der Waals surface area contributed by atoms with Crippen LogP contribution in [-0.4, -0.2) is 57.0 Å². The number of alkyl halides is 3. The lowest BCUT2D eigenvalue weighted by atomic mass is 9.90. The highest BCUT2D eigenvalue weighted by molar-refractivity contribution is 5.51. The lowest BCUT2D eigenvalue weighted by molar-refractivity contribution is -0.178. The van der Waals surface area contributed by atoms with Gasteiger partial charge in [0.1, 0.15) is 24.8 Å². The highest BCUT2D eigenvalue weighted by Crippen LogP contribution is 2.39. The van der Waals surface area contributed by atoms with Crippen LogP contribution in [0, 0.1) is 5.92 Å². The minimum atomic E-state index is -4.44. The van der Waals surface area contributed by atoms with Crippen molar-refractivity contribution in [2.45, 2.75) is 76.5 Å². The largest absolute Gasteiger partial charge is 0.491 e. The number of hydrogen-bond donors (Lipinski definition) is 0. The molecule has 2 aromatic heterocycles. The van der Waals surface area contributed by atoms with Crippen molar-refractivity contribution in [1.82, 2.24) is 24.5 Å². The molecule has 54 heavy (non-hydrogen) atoms. The van der Waals surface area contributed by atoms with E-state index in [0.29, 0.717) is 17.2 Å². The van der Waals surface area contributed by atoms with Crippen molar-refractivity contribution in [2.75, 3.05) is 31.2 Å². The number of hydrogen-bond acceptors (Lipinski definition) is 8. The van der Waals surface area contributed by atoms with Gasteiger partial charge in [0.05, 0.1) is 30.1 Å². The van der Waals surface area contributed by atoms with Crippen molar-refractivity contribution in [3.05, 3.63) is 130 Å². The summed E-state index contributed by atoms with van der Waals surface area (Å²) < 4.78 is 61.6. The molecule has 0 N–H and O–H groups in total. The summed E-state index contributed by atoms with van der Waals surface area (Å²) in [5.41, 5.74) is 3.65. The highest BCUT2D eigenvalue weighted by Gasteiger charge is 2.44. The Morgan fingerprint density at radius 3 is 2.31 bits per heavy atom. The van der Waals surface area contributed by atoms with Crippen LogP contribution in [0.15, 0.2) is 102 Å². The van der Waals surface area contributed by atoms with E-state index in [1.165, 1.54) is 28.1 Å². The Morgan fingerprint density at radius 1 is 0.926 bits per heavy atom. The van der Waals surface area contributed by atoms with Gasteiger partial charge < -0.3 is 19.1 Å². The molecule has 3 aromatic carbocycles. The van der Waals surface area contributed by atoms with Gasteiger partial charge in [-0.25, -0.2) is 14.0 Å². The van der Waals surface area contributed by atoms with E-state index < -0.39 is 23.6 Å². The molecule has 5 aromatic rings. The Bertz CT molecular complexity index is 2010. The molecule has 3 atom stereocenters. The summed E-state index contributed by atoms with van der Waals surface area (Å²) in [7, 11) is 0. The number of halogens is 3. The lowest BCUT2D eigenvalue weighted by Gasteiger charge is -2.33. The van der Waals surface area contributed by atoms with E-state index in [0.717, 1.165) is 68.6 Å². The van der Waals surface area contributed by atoms with E-state index in [1.54, 1.807) is 29.4 Å². The number of nitrogens with zero attached hydrogens (tertiary/aromatic N) is 6. The van der Waals surface area contributed by atoms with Crippen molar-refractivity contribution < 1.29 is 27.4 Å². The maximum atomic E-state index is 13.3. The van der Waals surface area contributed by atoms with Crippen molar-refractivity contribution in [1.29, 1.82) is 0 Å². The molecule has 10 nitrogen and oxygen atoms in total. The molecule has 1 unspecified atom stereocenters. The fourth-order valence-corrected chi connectivity index (χ4v) is 7.18. The average molecular weight is 743 g/mol. The summed E-state index contributed by atoms with van der Waals surface area (Å²) in [5, 5.41) is 12.0. The summed E-state index contributed by atoms with van der Waals surface area (Å²) in [6, 6.07) is 23.0. The van der Waals surface area contributed by atoms with Crippen LogP contribution in [0.1, 0.15) is 67.8 Å². The highest BCUT2D eigenvalue weighted by atomic mass is 19.4. The Kier molecular flexibility index (Phi) is 11.2. The van der Waals surface area contributed by atoms with E-state index in [1.807, 2.05) is 38.1 Å². The minimum absolute atomic E-state index is 0.0611. The molecular formula is C41H45F3N6O4. The smallest absolute Gasteiger partial charge is 0.416 e. The average Bonchev–Trinajstić information content (AvgIpc) is 3.80. The SMILES string of the molecule is CCC(C)n1ncn(-c2ccc(N3CCC(CCc4ccc(OC[C@@H]5CO[C@@](Cc6ccnnc6)(c6ccc(C(F)(F)F)cc6)O5)cc4)CC3)cc2)c1=O.